The van der Waals surface area contributed by atoms with E-state index < -0.39 is 0 Å². The van der Waals surface area contributed by atoms with Crippen LogP contribution in [0.2, 0.25) is 0 Å². The van der Waals surface area contributed by atoms with Crippen LogP contribution in [0, 0.1) is 0 Å². The Labute approximate surface area is 131 Å². The molecule has 1 unspecified atom stereocenters. The van der Waals surface area contributed by atoms with Crippen molar-refractivity contribution in [2.75, 3.05) is 37.8 Å². The second-order valence-corrected chi connectivity index (χ2v) is 6.15. The lowest BCUT2D eigenvalue weighted by Gasteiger charge is -2.19. The van der Waals surface area contributed by atoms with E-state index in [4.69, 9.17) is 10.5 Å². The summed E-state index contributed by atoms with van der Waals surface area (Å²) >= 11 is 1.35. The van der Waals surface area contributed by atoms with Crippen molar-refractivity contribution in [3.05, 3.63) is 10.9 Å². The number of thiophene rings is 1. The Balaban J connectivity index is 2.44. The van der Waals surface area contributed by atoms with Crippen LogP contribution >= 0.6 is 11.3 Å². The Kier molecular flexibility index (Phi) is 7.53. The van der Waals surface area contributed by atoms with Gasteiger partial charge in [0.15, 0.2) is 0 Å². The Hall–Kier alpha value is -1.27. The molecule has 0 amide bonds. The first kappa shape index (κ1) is 17.8. The lowest BCUT2D eigenvalue weighted by atomic mass is 10.2. The van der Waals surface area contributed by atoms with E-state index in [1.54, 1.807) is 6.07 Å². The fourth-order valence-corrected chi connectivity index (χ4v) is 3.21. The van der Waals surface area contributed by atoms with E-state index in [1.807, 2.05) is 0 Å². The molecule has 0 saturated carbocycles. The van der Waals surface area contributed by atoms with Crippen LogP contribution < -0.4 is 11.1 Å². The number of hydrogen-bond donors (Lipinski definition) is 2. The van der Waals surface area contributed by atoms with Gasteiger partial charge in [-0.25, -0.2) is 4.79 Å². The van der Waals surface area contributed by atoms with Crippen LogP contribution in [0.3, 0.4) is 0 Å². The van der Waals surface area contributed by atoms with Gasteiger partial charge >= 0.3 is 5.97 Å². The minimum absolute atomic E-state index is 0.351. The molecule has 120 valence electrons. The number of rotatable bonds is 9. The largest absolute Gasteiger partial charge is 0.465 e. The molecule has 0 aliphatic carbocycles. The average molecular weight is 313 g/mol. The number of esters is 1. The molecule has 0 bridgehead atoms. The summed E-state index contributed by atoms with van der Waals surface area (Å²) in [6, 6.07) is 2.15. The first-order chi connectivity index (χ1) is 10.0. The zero-order valence-electron chi connectivity index (χ0n) is 13.4. The van der Waals surface area contributed by atoms with Crippen molar-refractivity contribution in [3.8, 4) is 0 Å². The molecule has 1 rings (SSSR count). The second kappa shape index (κ2) is 8.89. The summed E-state index contributed by atoms with van der Waals surface area (Å²) < 4.78 is 4.71. The Morgan fingerprint density at radius 1 is 1.48 bits per heavy atom. The lowest BCUT2D eigenvalue weighted by molar-refractivity contribution is 0.0607. The Morgan fingerprint density at radius 2 is 2.14 bits per heavy atom. The highest BCUT2D eigenvalue weighted by molar-refractivity contribution is 7.18. The molecular formula is C15H27N3O2S. The van der Waals surface area contributed by atoms with Gasteiger partial charge in [0.2, 0.25) is 0 Å². The number of nitrogens with two attached hydrogens (primary N) is 1. The van der Waals surface area contributed by atoms with E-state index in [1.165, 1.54) is 18.4 Å². The van der Waals surface area contributed by atoms with Gasteiger partial charge in [0.1, 0.15) is 4.88 Å². The van der Waals surface area contributed by atoms with E-state index in [2.05, 4.69) is 31.0 Å². The van der Waals surface area contributed by atoms with Crippen LogP contribution in [-0.4, -0.2) is 43.7 Å². The lowest BCUT2D eigenvalue weighted by Crippen LogP contribution is -2.25. The molecule has 3 N–H and O–H groups in total. The van der Waals surface area contributed by atoms with Crippen molar-refractivity contribution in [3.63, 3.8) is 0 Å². The van der Waals surface area contributed by atoms with Gasteiger partial charge in [0.25, 0.3) is 0 Å². The maximum absolute atomic E-state index is 11.5. The van der Waals surface area contributed by atoms with Crippen molar-refractivity contribution in [1.29, 1.82) is 0 Å². The minimum atomic E-state index is -0.375. The topological polar surface area (TPSA) is 67.6 Å². The first-order valence-electron chi connectivity index (χ1n) is 7.48. The summed E-state index contributed by atoms with van der Waals surface area (Å²) in [5.74, 6) is -0.375. The van der Waals surface area contributed by atoms with Crippen molar-refractivity contribution < 1.29 is 9.53 Å². The molecule has 0 fully saturated rings. The van der Waals surface area contributed by atoms with Crippen molar-refractivity contribution >= 4 is 28.0 Å². The number of hydrogen-bond acceptors (Lipinski definition) is 6. The number of carbonyl (C=O) groups is 1. The fraction of sp³-hybridized carbons (Fsp3) is 0.667. The number of nitrogen functional groups attached to an aromatic ring is 1. The van der Waals surface area contributed by atoms with E-state index >= 15 is 0 Å². The summed E-state index contributed by atoms with van der Waals surface area (Å²) in [5, 5.41) is 4.32. The summed E-state index contributed by atoms with van der Waals surface area (Å²) in [7, 11) is 1.37. The zero-order valence-corrected chi connectivity index (χ0v) is 14.3. The van der Waals surface area contributed by atoms with Gasteiger partial charge in [-0.3, -0.25) is 0 Å². The van der Waals surface area contributed by atoms with Crippen LogP contribution in [0.1, 0.15) is 43.3 Å². The highest BCUT2D eigenvalue weighted by atomic mass is 32.1. The van der Waals surface area contributed by atoms with Crippen molar-refractivity contribution in [2.45, 2.75) is 39.7 Å². The van der Waals surface area contributed by atoms with Gasteiger partial charge in [-0.2, -0.15) is 0 Å². The molecule has 1 heterocycles. The monoisotopic (exact) mass is 313 g/mol. The molecule has 0 spiro atoms. The Morgan fingerprint density at radius 3 is 2.71 bits per heavy atom. The SMILES string of the molecule is CCN(CC)CCCC(C)Nc1cc(N)c(C(=O)OC)s1. The van der Waals surface area contributed by atoms with Crippen LogP contribution in [0.5, 0.6) is 0 Å². The molecule has 6 heteroatoms. The van der Waals surface area contributed by atoms with Gasteiger partial charge in [0, 0.05) is 6.04 Å². The maximum Gasteiger partial charge on any atom is 0.350 e. The summed E-state index contributed by atoms with van der Waals surface area (Å²) in [6.45, 7) is 9.85. The summed E-state index contributed by atoms with van der Waals surface area (Å²) in [6.07, 6.45) is 2.24. The minimum Gasteiger partial charge on any atom is -0.465 e. The second-order valence-electron chi connectivity index (χ2n) is 5.10. The molecule has 1 aromatic rings. The number of carbonyl (C=O) groups excluding carboxylic acids is 1. The fourth-order valence-electron chi connectivity index (χ4n) is 2.20. The molecular weight excluding hydrogens is 286 g/mol. The molecule has 0 aliphatic rings. The highest BCUT2D eigenvalue weighted by Gasteiger charge is 2.15. The summed E-state index contributed by atoms with van der Waals surface area (Å²) in [4.78, 5) is 14.4. The van der Waals surface area contributed by atoms with Gasteiger partial charge in [0.05, 0.1) is 17.8 Å². The molecule has 0 aromatic carbocycles. The molecule has 0 aliphatic heterocycles. The van der Waals surface area contributed by atoms with Crippen LogP contribution in [0.25, 0.3) is 0 Å². The van der Waals surface area contributed by atoms with Crippen molar-refractivity contribution in [2.24, 2.45) is 0 Å². The molecule has 1 atom stereocenters. The smallest absolute Gasteiger partial charge is 0.350 e. The van der Waals surface area contributed by atoms with Gasteiger partial charge < -0.3 is 20.7 Å². The van der Waals surface area contributed by atoms with Crippen LogP contribution in [0.15, 0.2) is 6.07 Å². The number of methoxy groups -OCH3 is 1. The van der Waals surface area contributed by atoms with Gasteiger partial charge in [-0.05, 0) is 45.5 Å². The quantitative estimate of drug-likeness (QED) is 0.686. The van der Waals surface area contributed by atoms with Crippen LogP contribution in [0.4, 0.5) is 10.7 Å². The number of nitrogens with zero attached hydrogens (tertiary/aromatic N) is 1. The maximum atomic E-state index is 11.5. The van der Waals surface area contributed by atoms with Gasteiger partial charge in [-0.1, -0.05) is 13.8 Å². The first-order valence-corrected chi connectivity index (χ1v) is 8.29. The predicted octanol–water partition coefficient (Wildman–Crippen LogP) is 3.04. The molecule has 0 saturated heterocycles. The third-order valence-electron chi connectivity index (χ3n) is 3.53. The van der Waals surface area contributed by atoms with E-state index in [-0.39, 0.29) is 5.97 Å². The third-order valence-corrected chi connectivity index (χ3v) is 4.59. The third kappa shape index (κ3) is 5.55. The van der Waals surface area contributed by atoms with E-state index in [0.29, 0.717) is 16.6 Å². The molecule has 1 aromatic heterocycles. The van der Waals surface area contributed by atoms with Gasteiger partial charge in [-0.15, -0.1) is 11.3 Å². The zero-order chi connectivity index (χ0) is 15.8. The number of ether oxygens (including phenoxy) is 1. The normalized spacial score (nSPS) is 12.4. The van der Waals surface area contributed by atoms with Crippen LogP contribution in [-0.2, 0) is 4.74 Å². The molecule has 0 radical (unpaired) electrons. The standard InChI is InChI=1S/C15H27N3O2S/c1-5-18(6-2)9-7-8-11(3)17-13-10-12(16)14(21-13)15(19)20-4/h10-11,17H,5-9,16H2,1-4H3. The van der Waals surface area contributed by atoms with E-state index in [9.17, 15) is 4.79 Å². The van der Waals surface area contributed by atoms with Crippen molar-refractivity contribution in [1.82, 2.24) is 4.90 Å². The number of nitrogens with one attached hydrogen (secondary N) is 1. The number of anilines is 2. The predicted molar refractivity (Wildman–Crippen MR) is 90.2 cm³/mol. The average Bonchev–Trinajstić information content (AvgIpc) is 2.83. The molecule has 5 nitrogen and oxygen atoms in total. The van der Waals surface area contributed by atoms with E-state index in [0.717, 1.165) is 37.5 Å². The highest BCUT2D eigenvalue weighted by Crippen LogP contribution is 2.30. The molecule has 21 heavy (non-hydrogen) atoms. The Bertz CT molecular complexity index is 444. The summed E-state index contributed by atoms with van der Waals surface area (Å²) in [5.41, 5.74) is 6.31.